The molecule has 1 atom stereocenters. The maximum atomic E-state index is 9.86. The molecule has 0 spiro atoms. The second kappa shape index (κ2) is 11.2. The summed E-state index contributed by atoms with van der Waals surface area (Å²) in [5.41, 5.74) is 1.23. The Labute approximate surface area is 120 Å². The molecule has 1 unspecified atom stereocenters. The quantitative estimate of drug-likeness (QED) is 0.552. The second-order valence-electron chi connectivity index (χ2n) is 3.27. The number of hydrogen-bond donors (Lipinski definition) is 3. The molecule has 21 heavy (non-hydrogen) atoms. The largest absolute Gasteiger partial charge is 0.528 e. The number of methoxy groups -OCH3 is 1. The third-order valence-corrected chi connectivity index (χ3v) is 1.96. The summed E-state index contributed by atoms with van der Waals surface area (Å²) in [6.07, 6.45) is -5.43. The molecule has 0 bridgehead atoms. The van der Waals surface area contributed by atoms with E-state index in [0.717, 1.165) is 0 Å². The highest BCUT2D eigenvalue weighted by molar-refractivity contribution is 5.82. The molecule has 0 aromatic heterocycles. The van der Waals surface area contributed by atoms with Crippen molar-refractivity contribution in [1.82, 2.24) is 6.15 Å². The molecule has 5 N–H and O–H groups in total. The lowest BCUT2D eigenvalue weighted by molar-refractivity contribution is 0.0548. The predicted molar refractivity (Wildman–Crippen MR) is 70.5 cm³/mol. The Hall–Kier alpha value is -2.65. The van der Waals surface area contributed by atoms with Gasteiger partial charge in [-0.1, -0.05) is 30.3 Å². The van der Waals surface area contributed by atoms with Crippen molar-refractivity contribution in [2.75, 3.05) is 7.11 Å². The lowest BCUT2D eigenvalue weighted by atomic mass is 10.1. The van der Waals surface area contributed by atoms with Gasteiger partial charge >= 0.3 is 18.5 Å². The molecule has 118 valence electrons. The maximum Gasteiger partial charge on any atom is 0.528 e. The number of carboxylic acid groups (broad SMARTS) is 2. The van der Waals surface area contributed by atoms with Gasteiger partial charge in [-0.2, -0.15) is 0 Å². The van der Waals surface area contributed by atoms with Gasteiger partial charge in [0.05, 0.1) is 6.10 Å². The van der Waals surface area contributed by atoms with E-state index in [2.05, 4.69) is 21.6 Å². The molecule has 0 aliphatic rings. The van der Waals surface area contributed by atoms with Crippen molar-refractivity contribution >= 4 is 18.5 Å². The highest BCUT2D eigenvalue weighted by atomic mass is 16.8. The Morgan fingerprint density at radius 3 is 1.76 bits per heavy atom. The minimum absolute atomic E-state index is 0. The fraction of sp³-hybridized carbons (Fsp3) is 0.250. The van der Waals surface area contributed by atoms with E-state index in [9.17, 15) is 14.4 Å². The zero-order chi connectivity index (χ0) is 15.5. The van der Waals surface area contributed by atoms with Crippen LogP contribution in [0.5, 0.6) is 0 Å². The van der Waals surface area contributed by atoms with Gasteiger partial charge < -0.3 is 30.6 Å². The molecule has 1 aromatic rings. The van der Waals surface area contributed by atoms with Crippen molar-refractivity contribution in [2.45, 2.75) is 13.0 Å². The van der Waals surface area contributed by atoms with E-state index in [4.69, 9.17) is 14.9 Å². The lowest BCUT2D eigenvalue weighted by Gasteiger charge is -2.07. The van der Waals surface area contributed by atoms with Crippen LogP contribution in [0.25, 0.3) is 0 Å². The van der Waals surface area contributed by atoms with Crippen LogP contribution in [0.4, 0.5) is 14.4 Å². The normalized spacial score (nSPS) is 10.0. The molecule has 0 heterocycles. The zero-order valence-corrected chi connectivity index (χ0v) is 11.5. The first kappa shape index (κ1) is 20.7. The molecular formula is C12H17NO8. The SMILES string of the molecule is COC(C)c1ccccc1.N.O=C(O)OC(=O)OC(=O)O. The number of benzene rings is 1. The molecule has 9 nitrogen and oxygen atoms in total. The van der Waals surface area contributed by atoms with E-state index >= 15 is 0 Å². The molecule has 0 aliphatic heterocycles. The minimum Gasteiger partial charge on any atom is -0.449 e. The lowest BCUT2D eigenvalue weighted by Crippen LogP contribution is -2.14. The van der Waals surface area contributed by atoms with Gasteiger partial charge in [0.2, 0.25) is 0 Å². The fourth-order valence-electron chi connectivity index (χ4n) is 1.02. The summed E-state index contributed by atoms with van der Waals surface area (Å²) in [7, 11) is 1.72. The molecule has 0 saturated heterocycles. The summed E-state index contributed by atoms with van der Waals surface area (Å²) >= 11 is 0. The van der Waals surface area contributed by atoms with Crippen molar-refractivity contribution in [3.63, 3.8) is 0 Å². The molecular weight excluding hydrogens is 286 g/mol. The van der Waals surface area contributed by atoms with Crippen LogP contribution in [0.1, 0.15) is 18.6 Å². The van der Waals surface area contributed by atoms with Crippen molar-refractivity contribution in [2.24, 2.45) is 0 Å². The summed E-state index contributed by atoms with van der Waals surface area (Å²) < 4.78 is 11.6. The van der Waals surface area contributed by atoms with Crippen LogP contribution >= 0.6 is 0 Å². The Kier molecular flexibility index (Phi) is 11.0. The number of ether oxygens (including phenoxy) is 3. The van der Waals surface area contributed by atoms with Crippen molar-refractivity contribution in [1.29, 1.82) is 0 Å². The summed E-state index contributed by atoms with van der Waals surface area (Å²) in [6.45, 7) is 2.04. The maximum absolute atomic E-state index is 9.86. The van der Waals surface area contributed by atoms with Crippen molar-refractivity contribution in [3.05, 3.63) is 35.9 Å². The number of hydrogen-bond acceptors (Lipinski definition) is 7. The van der Waals surface area contributed by atoms with Gasteiger partial charge in [0.15, 0.2) is 0 Å². The minimum atomic E-state index is -1.92. The topological polar surface area (TPSA) is 154 Å². The summed E-state index contributed by atoms with van der Waals surface area (Å²) in [5.74, 6) is 0. The fourth-order valence-corrected chi connectivity index (χ4v) is 1.02. The van der Waals surface area contributed by atoms with Gasteiger partial charge in [-0.15, -0.1) is 0 Å². The first-order valence-electron chi connectivity index (χ1n) is 5.30. The van der Waals surface area contributed by atoms with Crippen LogP contribution in [-0.4, -0.2) is 35.8 Å². The van der Waals surface area contributed by atoms with Gasteiger partial charge in [-0.25, -0.2) is 14.4 Å². The third kappa shape index (κ3) is 10.9. The molecule has 0 radical (unpaired) electrons. The number of carbonyl (C=O) groups excluding carboxylic acids is 1. The molecule has 0 aliphatic carbocycles. The van der Waals surface area contributed by atoms with E-state index in [1.165, 1.54) is 5.56 Å². The Morgan fingerprint density at radius 1 is 1.00 bits per heavy atom. The Morgan fingerprint density at radius 2 is 1.43 bits per heavy atom. The van der Waals surface area contributed by atoms with Crippen LogP contribution in [0.3, 0.4) is 0 Å². The average molecular weight is 303 g/mol. The van der Waals surface area contributed by atoms with E-state index < -0.39 is 18.5 Å². The molecule has 0 amide bonds. The molecule has 1 rings (SSSR count). The predicted octanol–water partition coefficient (Wildman–Crippen LogP) is 3.05. The van der Waals surface area contributed by atoms with Gasteiger partial charge in [0.25, 0.3) is 0 Å². The number of carbonyl (C=O) groups is 3. The van der Waals surface area contributed by atoms with E-state index in [1.54, 1.807) is 7.11 Å². The Bertz CT molecular complexity index is 430. The summed E-state index contributed by atoms with van der Waals surface area (Å²) in [6, 6.07) is 10.2. The highest BCUT2D eigenvalue weighted by Crippen LogP contribution is 2.13. The molecule has 0 saturated carbocycles. The van der Waals surface area contributed by atoms with E-state index in [1.807, 2.05) is 25.1 Å². The van der Waals surface area contributed by atoms with Gasteiger partial charge in [0, 0.05) is 7.11 Å². The molecule has 0 fully saturated rings. The second-order valence-corrected chi connectivity index (χ2v) is 3.27. The van der Waals surface area contributed by atoms with Crippen LogP contribution in [-0.2, 0) is 14.2 Å². The monoisotopic (exact) mass is 303 g/mol. The van der Waals surface area contributed by atoms with Crippen LogP contribution in [0, 0.1) is 0 Å². The van der Waals surface area contributed by atoms with Crippen LogP contribution in [0.2, 0.25) is 0 Å². The summed E-state index contributed by atoms with van der Waals surface area (Å²) in [5, 5.41) is 15.4. The highest BCUT2D eigenvalue weighted by Gasteiger charge is 2.13. The van der Waals surface area contributed by atoms with Crippen molar-refractivity contribution < 1.29 is 38.8 Å². The number of rotatable bonds is 2. The van der Waals surface area contributed by atoms with Crippen LogP contribution < -0.4 is 6.15 Å². The van der Waals surface area contributed by atoms with Gasteiger partial charge in [-0.05, 0) is 12.5 Å². The molecule has 1 aromatic carbocycles. The van der Waals surface area contributed by atoms with E-state index in [-0.39, 0.29) is 12.3 Å². The van der Waals surface area contributed by atoms with Crippen LogP contribution in [0.15, 0.2) is 30.3 Å². The molecule has 9 heteroatoms. The summed E-state index contributed by atoms with van der Waals surface area (Å²) in [4.78, 5) is 28.8. The zero-order valence-electron chi connectivity index (χ0n) is 11.5. The van der Waals surface area contributed by atoms with Crippen molar-refractivity contribution in [3.8, 4) is 0 Å². The smallest absolute Gasteiger partial charge is 0.449 e. The third-order valence-electron chi connectivity index (χ3n) is 1.96. The first-order valence-corrected chi connectivity index (χ1v) is 5.30. The first-order chi connectivity index (χ1) is 9.36. The van der Waals surface area contributed by atoms with E-state index in [0.29, 0.717) is 0 Å². The average Bonchev–Trinajstić information content (AvgIpc) is 2.37. The van der Waals surface area contributed by atoms with Gasteiger partial charge in [-0.3, -0.25) is 0 Å². The van der Waals surface area contributed by atoms with Gasteiger partial charge in [0.1, 0.15) is 0 Å². The standard InChI is InChI=1S/C9H12O.C3H2O7.H3N/c1-8(10-2)9-6-4-3-5-7-9;4-1(5)9-3(8)10-2(6)7;/h3-8H,1-2H3;(H,4,5)(H,6,7);1H3. The Balaban J connectivity index is 0.